The van der Waals surface area contributed by atoms with Crippen LogP contribution in [0.2, 0.25) is 0 Å². The van der Waals surface area contributed by atoms with Crippen molar-refractivity contribution in [1.82, 2.24) is 4.90 Å². The number of rotatable bonds is 7. The van der Waals surface area contributed by atoms with E-state index in [2.05, 4.69) is 0 Å². The number of amides is 1. The number of hydrogen-bond acceptors (Lipinski definition) is 6. The Balaban J connectivity index is 2.31. The molecule has 0 radical (unpaired) electrons. The van der Waals surface area contributed by atoms with E-state index in [1.165, 1.54) is 26.2 Å². The molecule has 0 bridgehead atoms. The molecule has 2 aromatic carbocycles. The van der Waals surface area contributed by atoms with E-state index in [-0.39, 0.29) is 11.3 Å². The first-order chi connectivity index (χ1) is 14.5. The van der Waals surface area contributed by atoms with Crippen LogP contribution in [0, 0.1) is 0 Å². The van der Waals surface area contributed by atoms with Gasteiger partial charge in [0.05, 0.1) is 38.5 Å². The summed E-state index contributed by atoms with van der Waals surface area (Å²) < 4.78 is 16.3. The third kappa shape index (κ3) is 3.47. The van der Waals surface area contributed by atoms with Gasteiger partial charge in [0.1, 0.15) is 11.5 Å². The monoisotopic (exact) mass is 411 g/mol. The van der Waals surface area contributed by atoms with Gasteiger partial charge in [-0.25, -0.2) is 0 Å². The predicted octanol–water partition coefficient (Wildman–Crippen LogP) is 3.54. The van der Waals surface area contributed by atoms with Crippen LogP contribution in [0.5, 0.6) is 17.2 Å². The number of carbonyl (C=O) groups excluding carboxylic acids is 2. The first-order valence-corrected chi connectivity index (χ1v) is 9.62. The van der Waals surface area contributed by atoms with Crippen molar-refractivity contribution in [3.63, 3.8) is 0 Å². The normalized spacial score (nSPS) is 17.9. The molecule has 7 nitrogen and oxygen atoms in total. The van der Waals surface area contributed by atoms with Crippen LogP contribution in [0.4, 0.5) is 0 Å². The number of carbonyl (C=O) groups is 2. The second kappa shape index (κ2) is 8.90. The molecule has 1 amide bonds. The fourth-order valence-electron chi connectivity index (χ4n) is 3.79. The highest BCUT2D eigenvalue weighted by molar-refractivity contribution is 6.46. The number of Topliss-reactive ketones (excluding diaryl/α,β-unsaturated/α-hetero) is 1. The van der Waals surface area contributed by atoms with Gasteiger partial charge in [0, 0.05) is 12.1 Å². The zero-order chi connectivity index (χ0) is 21.8. The number of ketones is 1. The summed E-state index contributed by atoms with van der Waals surface area (Å²) in [7, 11) is 4.48. The van der Waals surface area contributed by atoms with Crippen LogP contribution < -0.4 is 14.2 Å². The van der Waals surface area contributed by atoms with Gasteiger partial charge in [-0.1, -0.05) is 31.2 Å². The lowest BCUT2D eigenvalue weighted by atomic mass is 9.94. The van der Waals surface area contributed by atoms with Crippen molar-refractivity contribution in [2.45, 2.75) is 19.4 Å². The number of methoxy groups -OCH3 is 3. The van der Waals surface area contributed by atoms with Crippen molar-refractivity contribution in [1.29, 1.82) is 0 Å². The number of aliphatic hydroxyl groups excluding tert-OH is 1. The second-order valence-corrected chi connectivity index (χ2v) is 6.78. The Bertz CT molecular complexity index is 997. The summed E-state index contributed by atoms with van der Waals surface area (Å²) in [6, 6.07) is 11.2. The summed E-state index contributed by atoms with van der Waals surface area (Å²) in [6.07, 6.45) is 0.643. The first kappa shape index (κ1) is 21.2. The molecule has 1 N–H and O–H groups in total. The molecule has 2 aromatic rings. The summed E-state index contributed by atoms with van der Waals surface area (Å²) in [4.78, 5) is 27.3. The van der Waals surface area contributed by atoms with Crippen LogP contribution in [0.25, 0.3) is 5.76 Å². The minimum atomic E-state index is -0.820. The lowest BCUT2D eigenvalue weighted by Gasteiger charge is -2.27. The number of para-hydroxylation sites is 2. The maximum atomic E-state index is 13.0. The molecule has 1 atom stereocenters. The maximum Gasteiger partial charge on any atom is 0.295 e. The van der Waals surface area contributed by atoms with Gasteiger partial charge < -0.3 is 24.2 Å². The van der Waals surface area contributed by atoms with Crippen molar-refractivity contribution in [2.75, 3.05) is 27.9 Å². The molecule has 0 aliphatic carbocycles. The number of nitrogens with zero attached hydrogens (tertiary/aromatic N) is 1. The van der Waals surface area contributed by atoms with Gasteiger partial charge in [0.15, 0.2) is 11.5 Å². The van der Waals surface area contributed by atoms with Gasteiger partial charge in [0.2, 0.25) is 0 Å². The Hall–Kier alpha value is -3.48. The van der Waals surface area contributed by atoms with Crippen molar-refractivity contribution >= 4 is 17.4 Å². The lowest BCUT2D eigenvalue weighted by molar-refractivity contribution is -0.139. The largest absolute Gasteiger partial charge is 0.507 e. The Morgan fingerprint density at radius 2 is 1.63 bits per heavy atom. The average molecular weight is 411 g/mol. The highest BCUT2D eigenvalue weighted by Gasteiger charge is 2.47. The Labute approximate surface area is 175 Å². The molecule has 0 saturated carbocycles. The minimum absolute atomic E-state index is 0.00972. The smallest absolute Gasteiger partial charge is 0.295 e. The Morgan fingerprint density at radius 3 is 2.27 bits per heavy atom. The van der Waals surface area contributed by atoms with Gasteiger partial charge in [-0.2, -0.15) is 0 Å². The van der Waals surface area contributed by atoms with Crippen molar-refractivity contribution in [2.24, 2.45) is 0 Å². The highest BCUT2D eigenvalue weighted by atomic mass is 16.5. The minimum Gasteiger partial charge on any atom is -0.507 e. The number of hydrogen-bond donors (Lipinski definition) is 1. The summed E-state index contributed by atoms with van der Waals surface area (Å²) in [5.41, 5.74) is 0.881. The molecular weight excluding hydrogens is 386 g/mol. The van der Waals surface area contributed by atoms with E-state index < -0.39 is 17.7 Å². The molecule has 3 rings (SSSR count). The van der Waals surface area contributed by atoms with E-state index in [1.807, 2.05) is 6.92 Å². The third-order valence-corrected chi connectivity index (χ3v) is 5.09. The Kier molecular flexibility index (Phi) is 6.30. The molecule has 1 unspecified atom stereocenters. The Morgan fingerprint density at radius 1 is 0.967 bits per heavy atom. The zero-order valence-corrected chi connectivity index (χ0v) is 17.5. The van der Waals surface area contributed by atoms with Gasteiger partial charge in [-0.15, -0.1) is 0 Å². The molecule has 1 fully saturated rings. The van der Waals surface area contributed by atoms with E-state index in [1.54, 1.807) is 42.5 Å². The van der Waals surface area contributed by atoms with Crippen LogP contribution >= 0.6 is 0 Å². The standard InChI is InChI=1S/C23H25NO6/c1-5-13-24-19(15-10-8-12-17(29-3)22(15)30-4)18(21(26)23(24)27)20(25)14-9-6-7-11-16(14)28-2/h6-12,19,25H,5,13H2,1-4H3/b20-18+. The van der Waals surface area contributed by atoms with Gasteiger partial charge in [-0.3, -0.25) is 9.59 Å². The lowest BCUT2D eigenvalue weighted by Crippen LogP contribution is -2.30. The molecule has 1 heterocycles. The number of ether oxygens (including phenoxy) is 3. The molecule has 158 valence electrons. The average Bonchev–Trinajstić information content (AvgIpc) is 3.03. The molecule has 1 aliphatic heterocycles. The molecule has 1 aliphatic rings. The van der Waals surface area contributed by atoms with E-state index in [0.29, 0.717) is 41.3 Å². The van der Waals surface area contributed by atoms with Crippen LogP contribution in [-0.4, -0.2) is 49.6 Å². The number of aliphatic hydroxyl groups is 1. The first-order valence-electron chi connectivity index (χ1n) is 9.62. The predicted molar refractivity (Wildman–Crippen MR) is 112 cm³/mol. The van der Waals surface area contributed by atoms with Crippen molar-refractivity contribution in [3.8, 4) is 17.2 Å². The molecule has 30 heavy (non-hydrogen) atoms. The van der Waals surface area contributed by atoms with E-state index in [9.17, 15) is 14.7 Å². The molecule has 7 heteroatoms. The van der Waals surface area contributed by atoms with E-state index in [4.69, 9.17) is 14.2 Å². The highest BCUT2D eigenvalue weighted by Crippen LogP contribution is 2.46. The zero-order valence-electron chi connectivity index (χ0n) is 17.5. The van der Waals surface area contributed by atoms with Crippen LogP contribution in [-0.2, 0) is 9.59 Å². The van der Waals surface area contributed by atoms with Crippen LogP contribution in [0.15, 0.2) is 48.0 Å². The molecular formula is C23H25NO6. The quantitative estimate of drug-likeness (QED) is 0.426. The van der Waals surface area contributed by atoms with Crippen molar-refractivity contribution < 1.29 is 28.9 Å². The molecule has 0 spiro atoms. The molecule has 0 aromatic heterocycles. The summed E-state index contributed by atoms with van der Waals surface area (Å²) >= 11 is 0. The summed E-state index contributed by atoms with van der Waals surface area (Å²) in [5.74, 6) is -0.439. The van der Waals surface area contributed by atoms with Gasteiger partial charge >= 0.3 is 0 Å². The van der Waals surface area contributed by atoms with Crippen LogP contribution in [0.3, 0.4) is 0 Å². The second-order valence-electron chi connectivity index (χ2n) is 6.78. The topological polar surface area (TPSA) is 85.3 Å². The summed E-state index contributed by atoms with van der Waals surface area (Å²) in [5, 5.41) is 11.2. The SMILES string of the molecule is CCCN1C(=O)C(=O)/C(=C(/O)c2ccccc2OC)C1c1cccc(OC)c1OC. The molecule has 1 saturated heterocycles. The van der Waals surface area contributed by atoms with Crippen molar-refractivity contribution in [3.05, 3.63) is 59.2 Å². The number of benzene rings is 2. The van der Waals surface area contributed by atoms with E-state index in [0.717, 1.165) is 0 Å². The fourth-order valence-corrected chi connectivity index (χ4v) is 3.79. The number of likely N-dealkylation sites (tertiary alicyclic amines) is 1. The fraction of sp³-hybridized carbons (Fsp3) is 0.304. The maximum absolute atomic E-state index is 13.0. The van der Waals surface area contributed by atoms with Gasteiger partial charge in [0.25, 0.3) is 11.7 Å². The third-order valence-electron chi connectivity index (χ3n) is 5.09. The van der Waals surface area contributed by atoms with E-state index >= 15 is 0 Å². The van der Waals surface area contributed by atoms with Crippen LogP contribution in [0.1, 0.15) is 30.5 Å². The summed E-state index contributed by atoms with van der Waals surface area (Å²) in [6.45, 7) is 2.26. The van der Waals surface area contributed by atoms with Gasteiger partial charge in [-0.05, 0) is 24.6 Å².